The van der Waals surface area contributed by atoms with Crippen LogP contribution in [-0.2, 0) is 18.9 Å². The lowest BCUT2D eigenvalue weighted by Crippen LogP contribution is -2.65. The molecular weight excluding hydrogens is 410 g/mol. The molecule has 0 saturated heterocycles. The van der Waals surface area contributed by atoms with E-state index in [9.17, 15) is 36.2 Å². The molecule has 4 saturated carbocycles. The molecule has 4 bridgehead atoms. The van der Waals surface area contributed by atoms with Gasteiger partial charge in [-0.05, 0) is 43.9 Å². The molecule has 2 N–H and O–H groups in total. The van der Waals surface area contributed by atoms with Crippen molar-refractivity contribution in [3.05, 3.63) is 0 Å². The molecule has 4 aliphatic rings. The van der Waals surface area contributed by atoms with Crippen LogP contribution in [0.15, 0.2) is 0 Å². The number of carbonyl (C=O) groups excluding carboxylic acids is 1. The Bertz CT molecular complexity index is 580. The number of esters is 1. The minimum Gasteiger partial charge on any atom is -0.457 e. The lowest BCUT2D eigenvalue weighted by molar-refractivity contribution is -0.434. The Kier molecular flexibility index (Phi) is 4.95. The number of carbonyl (C=O) groups is 1. The molecule has 0 amide bonds. The first-order valence-electron chi connectivity index (χ1n) is 8.01. The van der Waals surface area contributed by atoms with E-state index in [1.54, 1.807) is 0 Å². The third-order valence-corrected chi connectivity index (χ3v) is 6.57. The van der Waals surface area contributed by atoms with Crippen LogP contribution in [0.3, 0.4) is 0 Å². The molecule has 2 unspecified atom stereocenters. The molecule has 0 radical (unpaired) electrons. The molecule has 0 aromatic carbocycles. The second kappa shape index (κ2) is 6.37. The van der Waals surface area contributed by atoms with Gasteiger partial charge in [-0.2, -0.15) is 26.3 Å². The van der Waals surface area contributed by atoms with Crippen molar-refractivity contribution in [1.82, 2.24) is 0 Å². The fraction of sp³-hybridized carbons (Fsp3) is 0.929. The van der Waals surface area contributed by atoms with Gasteiger partial charge in [-0.15, -0.1) is 4.33 Å². The van der Waals surface area contributed by atoms with E-state index >= 15 is 0 Å². The van der Waals surface area contributed by atoms with Gasteiger partial charge in [0.25, 0.3) is 0 Å². The van der Waals surface area contributed by atoms with Crippen molar-refractivity contribution < 1.29 is 55.6 Å². The molecule has 13 heteroatoms. The Hall–Kier alpha value is -0.760. The summed E-state index contributed by atoms with van der Waals surface area (Å²) in [6, 6.07) is 0. The highest BCUT2D eigenvalue weighted by molar-refractivity contribution is 7.96. The van der Waals surface area contributed by atoms with Crippen LogP contribution in [0.2, 0.25) is 0 Å². The van der Waals surface area contributed by atoms with Gasteiger partial charge < -0.3 is 9.84 Å². The van der Waals surface area contributed by atoms with Crippen LogP contribution >= 0.6 is 12.0 Å². The molecule has 6 nitrogen and oxygen atoms in total. The van der Waals surface area contributed by atoms with Gasteiger partial charge in [0.15, 0.2) is 0 Å². The van der Waals surface area contributed by atoms with E-state index in [-0.39, 0.29) is 31.1 Å². The van der Waals surface area contributed by atoms with E-state index in [2.05, 4.69) is 9.37 Å². The number of alkyl halides is 6. The molecule has 0 aliphatic heterocycles. The summed E-state index contributed by atoms with van der Waals surface area (Å²) in [5.41, 5.74) is -2.86. The van der Waals surface area contributed by atoms with Crippen molar-refractivity contribution in [2.75, 3.05) is 0 Å². The summed E-state index contributed by atoms with van der Waals surface area (Å²) in [5.74, 6) is -2.89. The summed E-state index contributed by atoms with van der Waals surface area (Å²) in [6.45, 7) is 0. The second-order valence-corrected chi connectivity index (χ2v) is 8.58. The van der Waals surface area contributed by atoms with E-state index in [0.29, 0.717) is 19.3 Å². The quantitative estimate of drug-likeness (QED) is 0.229. The number of aliphatic hydroxyl groups is 1. The van der Waals surface area contributed by atoms with Gasteiger partial charge in [0.2, 0.25) is 0 Å². The highest BCUT2D eigenvalue weighted by Gasteiger charge is 2.80. The van der Waals surface area contributed by atoms with Gasteiger partial charge in [-0.1, -0.05) is 5.04 Å². The monoisotopic (exact) mass is 426 g/mol. The molecule has 4 fully saturated rings. The average Bonchev–Trinajstić information content (AvgIpc) is 2.41. The Labute approximate surface area is 153 Å². The normalized spacial score (nSPS) is 36.1. The van der Waals surface area contributed by atoms with Crippen LogP contribution < -0.4 is 0 Å². The Morgan fingerprint density at radius 1 is 1.00 bits per heavy atom. The molecule has 156 valence electrons. The smallest absolute Gasteiger partial charge is 0.425 e. The van der Waals surface area contributed by atoms with Crippen LogP contribution in [0.4, 0.5) is 26.3 Å². The maximum absolute atomic E-state index is 13.4. The minimum atomic E-state index is -6.16. The zero-order valence-corrected chi connectivity index (χ0v) is 14.4. The van der Waals surface area contributed by atoms with Crippen molar-refractivity contribution in [2.45, 2.75) is 66.8 Å². The highest BCUT2D eigenvalue weighted by Crippen LogP contribution is 2.60. The predicted octanol–water partition coefficient (Wildman–Crippen LogP) is 3.55. The fourth-order valence-electron chi connectivity index (χ4n) is 5.11. The summed E-state index contributed by atoms with van der Waals surface area (Å²) in [4.78, 5) is 12.3. The first-order valence-corrected chi connectivity index (χ1v) is 8.75. The first-order chi connectivity index (χ1) is 12.3. The van der Waals surface area contributed by atoms with Gasteiger partial charge in [-0.25, -0.2) is 10.1 Å². The molecule has 4 rings (SSSR count). The molecule has 27 heavy (non-hydrogen) atoms. The van der Waals surface area contributed by atoms with Gasteiger partial charge in [0.1, 0.15) is 5.60 Å². The standard InChI is InChI=1S/C14H16F6O6S/c15-13(16,17)12(14(18,19)20,27-26-25-23)9(21)24-11-4-7-1-8(5-11)3-10(22,2-7)6-11/h7-8,22-23H,1-6H2. The van der Waals surface area contributed by atoms with Crippen LogP contribution in [0, 0.1) is 11.8 Å². The molecule has 0 aromatic heterocycles. The predicted molar refractivity (Wildman–Crippen MR) is 75.7 cm³/mol. The molecule has 0 heterocycles. The molecule has 0 aromatic rings. The van der Waals surface area contributed by atoms with E-state index in [1.165, 1.54) is 0 Å². The van der Waals surface area contributed by atoms with Crippen molar-refractivity contribution in [3.63, 3.8) is 0 Å². The average molecular weight is 426 g/mol. The van der Waals surface area contributed by atoms with Gasteiger partial charge >= 0.3 is 23.1 Å². The largest absolute Gasteiger partial charge is 0.457 e. The third-order valence-electron chi connectivity index (χ3n) is 5.56. The van der Waals surface area contributed by atoms with Crippen LogP contribution in [0.1, 0.15) is 38.5 Å². The van der Waals surface area contributed by atoms with Crippen LogP contribution in [0.25, 0.3) is 0 Å². The Morgan fingerprint density at radius 2 is 1.52 bits per heavy atom. The Balaban J connectivity index is 1.93. The summed E-state index contributed by atoms with van der Waals surface area (Å²) < 4.78 is 83.4. The van der Waals surface area contributed by atoms with E-state index < -0.39 is 46.3 Å². The number of hydrogen-bond acceptors (Lipinski definition) is 7. The minimum absolute atomic E-state index is 0.0887. The lowest BCUT2D eigenvalue weighted by Gasteiger charge is -2.59. The number of rotatable bonds is 5. The van der Waals surface area contributed by atoms with Crippen molar-refractivity contribution in [2.24, 2.45) is 11.8 Å². The molecular formula is C14H16F6O6S. The molecule has 4 aliphatic carbocycles. The topological polar surface area (TPSA) is 85.2 Å². The fourth-order valence-corrected chi connectivity index (χ4v) is 5.54. The maximum Gasteiger partial charge on any atom is 0.425 e. The summed E-state index contributed by atoms with van der Waals surface area (Å²) in [5, 5.41) is 21.4. The van der Waals surface area contributed by atoms with Crippen molar-refractivity contribution >= 4 is 18.0 Å². The molecule has 2 atom stereocenters. The maximum atomic E-state index is 13.4. The summed E-state index contributed by atoms with van der Waals surface area (Å²) >= 11 is -1.44. The van der Waals surface area contributed by atoms with Gasteiger partial charge in [0, 0.05) is 6.42 Å². The van der Waals surface area contributed by atoms with E-state index in [1.807, 2.05) is 0 Å². The number of hydrogen-bond donors (Lipinski definition) is 2. The van der Waals surface area contributed by atoms with Gasteiger partial charge in [-0.3, -0.25) is 0 Å². The van der Waals surface area contributed by atoms with Crippen molar-refractivity contribution in [1.29, 1.82) is 0 Å². The SMILES string of the molecule is O=C(OC12CC3CC(CC(O)(C3)C1)C2)C(SOOO)(C(F)(F)F)C(F)(F)F. The molecule has 0 spiro atoms. The highest BCUT2D eigenvalue weighted by atomic mass is 32.2. The third kappa shape index (κ3) is 3.41. The zero-order chi connectivity index (χ0) is 20.3. The lowest BCUT2D eigenvalue weighted by atomic mass is 9.52. The second-order valence-electron chi connectivity index (χ2n) is 7.66. The van der Waals surface area contributed by atoms with E-state index in [0.717, 1.165) is 0 Å². The zero-order valence-electron chi connectivity index (χ0n) is 13.6. The summed E-state index contributed by atoms with van der Waals surface area (Å²) in [6.07, 6.45) is -10.9. The first kappa shape index (κ1) is 21.0. The van der Waals surface area contributed by atoms with E-state index in [4.69, 9.17) is 9.99 Å². The van der Waals surface area contributed by atoms with Gasteiger partial charge in [0.05, 0.1) is 17.6 Å². The van der Waals surface area contributed by atoms with Crippen LogP contribution in [-0.4, -0.2) is 44.6 Å². The summed E-state index contributed by atoms with van der Waals surface area (Å²) in [7, 11) is 0. The van der Waals surface area contributed by atoms with Crippen molar-refractivity contribution in [3.8, 4) is 0 Å². The van der Waals surface area contributed by atoms with Crippen LogP contribution in [0.5, 0.6) is 0 Å². The number of halogens is 6. The Morgan fingerprint density at radius 3 is 1.93 bits per heavy atom. The number of ether oxygens (including phenoxy) is 1.